The number of sulfonamides is 1. The first kappa shape index (κ1) is 23.2. The summed E-state index contributed by atoms with van der Waals surface area (Å²) in [4.78, 5) is 12.6. The fraction of sp³-hybridized carbons (Fsp3) is 0.136. The van der Waals surface area contributed by atoms with Crippen molar-refractivity contribution in [3.8, 4) is 17.2 Å². The highest BCUT2D eigenvalue weighted by Gasteiger charge is 2.22. The smallest absolute Gasteiger partial charge is 0.265 e. The molecule has 0 aliphatic carbocycles. The van der Waals surface area contributed by atoms with Crippen molar-refractivity contribution in [1.29, 1.82) is 0 Å². The van der Waals surface area contributed by atoms with E-state index in [1.807, 2.05) is 0 Å². The van der Waals surface area contributed by atoms with Crippen LogP contribution in [0, 0.1) is 0 Å². The molecule has 3 aromatic rings. The van der Waals surface area contributed by atoms with Crippen LogP contribution in [0.5, 0.6) is 17.2 Å². The monoisotopic (exact) mass is 476 g/mol. The van der Waals surface area contributed by atoms with E-state index in [1.165, 1.54) is 45.6 Å². The largest absolute Gasteiger partial charge is 0.497 e. The fourth-order valence-corrected chi connectivity index (χ4v) is 4.32. The van der Waals surface area contributed by atoms with E-state index in [1.54, 1.807) is 36.4 Å². The quantitative estimate of drug-likeness (QED) is 0.499. The van der Waals surface area contributed by atoms with Crippen LogP contribution < -0.4 is 24.2 Å². The molecule has 0 unspecified atom stereocenters. The van der Waals surface area contributed by atoms with Gasteiger partial charge in [-0.25, -0.2) is 8.42 Å². The van der Waals surface area contributed by atoms with E-state index < -0.39 is 15.9 Å². The zero-order valence-corrected chi connectivity index (χ0v) is 19.1. The Bertz CT molecular complexity index is 1230. The van der Waals surface area contributed by atoms with E-state index in [0.717, 1.165) is 0 Å². The summed E-state index contributed by atoms with van der Waals surface area (Å²) in [5, 5.41) is 3.02. The third-order valence-corrected chi connectivity index (χ3v) is 6.10. The first-order valence-corrected chi connectivity index (χ1v) is 11.1. The highest BCUT2D eigenvalue weighted by atomic mass is 35.5. The summed E-state index contributed by atoms with van der Waals surface area (Å²) in [5.74, 6) is 0.520. The van der Waals surface area contributed by atoms with Crippen molar-refractivity contribution in [2.24, 2.45) is 0 Å². The maximum Gasteiger partial charge on any atom is 0.265 e. The number of amides is 1. The lowest BCUT2D eigenvalue weighted by molar-refractivity contribution is 0.102. The van der Waals surface area contributed by atoms with Gasteiger partial charge in [0.15, 0.2) is 0 Å². The van der Waals surface area contributed by atoms with Gasteiger partial charge in [0, 0.05) is 16.4 Å². The van der Waals surface area contributed by atoms with Crippen LogP contribution in [0.3, 0.4) is 0 Å². The topological polar surface area (TPSA) is 103 Å². The molecule has 1 amide bonds. The molecule has 0 saturated carbocycles. The Morgan fingerprint density at radius 2 is 1.44 bits per heavy atom. The number of carbonyl (C=O) groups excluding carboxylic acids is 1. The van der Waals surface area contributed by atoms with Crippen LogP contribution in [0.4, 0.5) is 11.4 Å². The highest BCUT2D eigenvalue weighted by molar-refractivity contribution is 7.92. The SMILES string of the molecule is COc1ccc(NS(=O)(=O)c2cc(NC(=O)c3cc(Cl)ccc3OC)ccc2OC)cc1. The lowest BCUT2D eigenvalue weighted by atomic mass is 10.2. The lowest BCUT2D eigenvalue weighted by Crippen LogP contribution is -2.16. The molecule has 0 aliphatic rings. The van der Waals surface area contributed by atoms with Gasteiger partial charge in [-0.1, -0.05) is 11.6 Å². The van der Waals surface area contributed by atoms with E-state index in [9.17, 15) is 13.2 Å². The molecule has 0 spiro atoms. The van der Waals surface area contributed by atoms with E-state index in [0.29, 0.717) is 22.2 Å². The molecule has 2 N–H and O–H groups in total. The molecule has 0 atom stereocenters. The number of hydrogen-bond donors (Lipinski definition) is 2. The van der Waals surface area contributed by atoms with Crippen LogP contribution in [0.15, 0.2) is 65.6 Å². The number of carbonyl (C=O) groups is 1. The number of ether oxygens (including phenoxy) is 3. The molecule has 0 fully saturated rings. The van der Waals surface area contributed by atoms with Crippen molar-refractivity contribution in [2.45, 2.75) is 4.90 Å². The average Bonchev–Trinajstić information content (AvgIpc) is 2.79. The second-order valence-electron chi connectivity index (χ2n) is 6.50. The minimum Gasteiger partial charge on any atom is -0.497 e. The first-order valence-electron chi connectivity index (χ1n) is 9.27. The van der Waals surface area contributed by atoms with Crippen LogP contribution in [0.1, 0.15) is 10.4 Å². The van der Waals surface area contributed by atoms with Gasteiger partial charge in [-0.05, 0) is 60.7 Å². The standard InChI is InChI=1S/C22H21ClN2O6S/c1-29-17-8-5-15(6-9-17)25-32(27,28)21-13-16(7-11-20(21)31-3)24-22(26)18-12-14(23)4-10-19(18)30-2/h4-13,25H,1-3H3,(H,24,26). The van der Waals surface area contributed by atoms with Crippen molar-refractivity contribution in [3.05, 3.63) is 71.2 Å². The number of benzene rings is 3. The van der Waals surface area contributed by atoms with Crippen molar-refractivity contribution < 1.29 is 27.4 Å². The Labute approximate surface area is 191 Å². The number of anilines is 2. The van der Waals surface area contributed by atoms with Crippen molar-refractivity contribution >= 4 is 38.9 Å². The predicted molar refractivity (Wildman–Crippen MR) is 123 cm³/mol. The summed E-state index contributed by atoms with van der Waals surface area (Å²) in [6.45, 7) is 0. The zero-order chi connectivity index (χ0) is 23.3. The molecule has 0 aliphatic heterocycles. The molecule has 0 aromatic heterocycles. The van der Waals surface area contributed by atoms with E-state index >= 15 is 0 Å². The van der Waals surface area contributed by atoms with Gasteiger partial charge in [0.25, 0.3) is 15.9 Å². The van der Waals surface area contributed by atoms with Crippen LogP contribution >= 0.6 is 11.6 Å². The van der Waals surface area contributed by atoms with Gasteiger partial charge >= 0.3 is 0 Å². The average molecular weight is 477 g/mol. The summed E-state index contributed by atoms with van der Waals surface area (Å²) in [7, 11) is 0.277. The Morgan fingerprint density at radius 1 is 0.812 bits per heavy atom. The second-order valence-corrected chi connectivity index (χ2v) is 8.59. The van der Waals surface area contributed by atoms with Gasteiger partial charge in [0.1, 0.15) is 22.1 Å². The summed E-state index contributed by atoms with van der Waals surface area (Å²) in [5.41, 5.74) is 0.787. The third-order valence-electron chi connectivity index (χ3n) is 4.46. The molecule has 0 saturated heterocycles. The second kappa shape index (κ2) is 9.80. The summed E-state index contributed by atoms with van der Waals surface area (Å²) in [6, 6.07) is 15.3. The normalized spacial score (nSPS) is 10.9. The predicted octanol–water partition coefficient (Wildman–Crippen LogP) is 4.42. The molecule has 3 rings (SSSR count). The molecule has 168 valence electrons. The minimum absolute atomic E-state index is 0.115. The van der Waals surface area contributed by atoms with Gasteiger partial charge in [-0.15, -0.1) is 0 Å². The van der Waals surface area contributed by atoms with E-state index in [4.69, 9.17) is 25.8 Å². The van der Waals surface area contributed by atoms with E-state index in [2.05, 4.69) is 10.0 Å². The van der Waals surface area contributed by atoms with Crippen LogP contribution in [0.25, 0.3) is 0 Å². The molecular weight excluding hydrogens is 456 g/mol. The molecule has 8 nitrogen and oxygen atoms in total. The Kier molecular flexibility index (Phi) is 7.12. The fourth-order valence-electron chi connectivity index (χ4n) is 2.89. The zero-order valence-electron chi connectivity index (χ0n) is 17.5. The van der Waals surface area contributed by atoms with Gasteiger partial charge in [0.2, 0.25) is 0 Å². The summed E-state index contributed by atoms with van der Waals surface area (Å²) in [6.07, 6.45) is 0. The van der Waals surface area contributed by atoms with Gasteiger partial charge in [0.05, 0.1) is 26.9 Å². The van der Waals surface area contributed by atoms with Crippen LogP contribution in [0.2, 0.25) is 5.02 Å². The van der Waals surface area contributed by atoms with Crippen molar-refractivity contribution in [3.63, 3.8) is 0 Å². The number of rotatable bonds is 8. The number of halogens is 1. The molecule has 0 bridgehead atoms. The Balaban J connectivity index is 1.91. The number of methoxy groups -OCH3 is 3. The third kappa shape index (κ3) is 5.24. The minimum atomic E-state index is -4.03. The van der Waals surface area contributed by atoms with Crippen molar-refractivity contribution in [2.75, 3.05) is 31.4 Å². The van der Waals surface area contributed by atoms with Crippen LogP contribution in [-0.2, 0) is 10.0 Å². The lowest BCUT2D eigenvalue weighted by Gasteiger charge is -2.14. The Morgan fingerprint density at radius 3 is 2.06 bits per heavy atom. The first-order chi connectivity index (χ1) is 15.3. The van der Waals surface area contributed by atoms with E-state index in [-0.39, 0.29) is 21.9 Å². The van der Waals surface area contributed by atoms with Gasteiger partial charge in [-0.3, -0.25) is 9.52 Å². The van der Waals surface area contributed by atoms with Gasteiger partial charge in [-0.2, -0.15) is 0 Å². The highest BCUT2D eigenvalue weighted by Crippen LogP contribution is 2.30. The number of hydrogen-bond acceptors (Lipinski definition) is 6. The molecule has 3 aromatic carbocycles. The molecule has 32 heavy (non-hydrogen) atoms. The van der Waals surface area contributed by atoms with Crippen LogP contribution in [-0.4, -0.2) is 35.7 Å². The molecule has 0 heterocycles. The molecule has 10 heteroatoms. The Hall–Kier alpha value is -3.43. The molecular formula is C22H21ClN2O6S. The van der Waals surface area contributed by atoms with Crippen molar-refractivity contribution in [1.82, 2.24) is 0 Å². The molecule has 0 radical (unpaired) electrons. The summed E-state index contributed by atoms with van der Waals surface area (Å²) < 4.78 is 44.0. The maximum atomic E-state index is 13.0. The maximum absolute atomic E-state index is 13.0. The number of nitrogens with one attached hydrogen (secondary N) is 2. The van der Waals surface area contributed by atoms with Gasteiger partial charge < -0.3 is 19.5 Å². The summed E-state index contributed by atoms with van der Waals surface area (Å²) >= 11 is 5.99.